The van der Waals surface area contributed by atoms with Gasteiger partial charge in [0.15, 0.2) is 0 Å². The second kappa shape index (κ2) is 7.58. The number of carbonyl (C=O) groups is 2. The van der Waals surface area contributed by atoms with E-state index in [0.717, 1.165) is 6.07 Å². The van der Waals surface area contributed by atoms with E-state index >= 15 is 0 Å². The van der Waals surface area contributed by atoms with Gasteiger partial charge in [0.05, 0.1) is 11.3 Å². The van der Waals surface area contributed by atoms with Crippen molar-refractivity contribution in [3.05, 3.63) is 29.6 Å². The van der Waals surface area contributed by atoms with Gasteiger partial charge in [-0.25, -0.2) is 14.0 Å². The molecule has 1 aromatic rings. The zero-order chi connectivity index (χ0) is 16.0. The van der Waals surface area contributed by atoms with E-state index in [0.29, 0.717) is 13.0 Å². The van der Waals surface area contributed by atoms with Gasteiger partial charge in [0.1, 0.15) is 5.82 Å². The molecule has 0 aromatic heterocycles. The molecule has 6 nitrogen and oxygen atoms in total. The zero-order valence-electron chi connectivity index (χ0n) is 12.0. The summed E-state index contributed by atoms with van der Waals surface area (Å²) < 4.78 is 13.8. The van der Waals surface area contributed by atoms with Gasteiger partial charge in [0.2, 0.25) is 0 Å². The summed E-state index contributed by atoms with van der Waals surface area (Å²) in [5.41, 5.74) is -0.272. The molecule has 0 aliphatic heterocycles. The number of rotatable bonds is 6. The minimum Gasteiger partial charge on any atom is -0.478 e. The maximum Gasteiger partial charge on any atom is 0.335 e. The molecule has 0 bridgehead atoms. The van der Waals surface area contributed by atoms with Crippen LogP contribution in [-0.4, -0.2) is 46.3 Å². The number of hydrogen-bond donors (Lipinski definition) is 3. The fourth-order valence-electron chi connectivity index (χ4n) is 1.77. The van der Waals surface area contributed by atoms with Crippen molar-refractivity contribution in [3.63, 3.8) is 0 Å². The van der Waals surface area contributed by atoms with Crippen LogP contribution in [0.1, 0.15) is 30.6 Å². The first-order chi connectivity index (χ1) is 9.86. The third-order valence-corrected chi connectivity index (χ3v) is 2.90. The van der Waals surface area contributed by atoms with Crippen LogP contribution in [-0.2, 0) is 0 Å². The highest BCUT2D eigenvalue weighted by atomic mass is 19.1. The summed E-state index contributed by atoms with van der Waals surface area (Å²) in [5, 5.41) is 20.0. The number of carboxylic acids is 1. The fraction of sp³-hybridized carbons (Fsp3) is 0.429. The van der Waals surface area contributed by atoms with Crippen LogP contribution in [0.3, 0.4) is 0 Å². The Morgan fingerprint density at radius 3 is 2.52 bits per heavy atom. The first-order valence-corrected chi connectivity index (χ1v) is 6.58. The largest absolute Gasteiger partial charge is 0.478 e. The van der Waals surface area contributed by atoms with Gasteiger partial charge in [0, 0.05) is 19.2 Å². The predicted octanol–water partition coefficient (Wildman–Crippen LogP) is 2.15. The maximum atomic E-state index is 13.8. The summed E-state index contributed by atoms with van der Waals surface area (Å²) in [6.07, 6.45) is 0.423. The molecule has 0 aliphatic rings. The summed E-state index contributed by atoms with van der Waals surface area (Å²) in [6.45, 7) is 3.91. The van der Waals surface area contributed by atoms with Crippen molar-refractivity contribution in [2.24, 2.45) is 0 Å². The molecule has 0 aliphatic carbocycles. The fourth-order valence-corrected chi connectivity index (χ4v) is 1.77. The number of anilines is 1. The molecule has 0 radical (unpaired) electrons. The lowest BCUT2D eigenvalue weighted by Crippen LogP contribution is -2.41. The first kappa shape index (κ1) is 16.9. The molecule has 0 fully saturated rings. The van der Waals surface area contributed by atoms with E-state index < -0.39 is 17.8 Å². The van der Waals surface area contributed by atoms with Crippen molar-refractivity contribution in [3.8, 4) is 0 Å². The van der Waals surface area contributed by atoms with Gasteiger partial charge in [-0.05, 0) is 38.5 Å². The van der Waals surface area contributed by atoms with Crippen molar-refractivity contribution in [1.29, 1.82) is 0 Å². The highest BCUT2D eigenvalue weighted by Crippen LogP contribution is 2.17. The van der Waals surface area contributed by atoms with Crippen LogP contribution in [0.2, 0.25) is 0 Å². The molecule has 21 heavy (non-hydrogen) atoms. The highest BCUT2D eigenvalue weighted by molar-refractivity contribution is 5.92. The standard InChI is InChI=1S/C14H19FN2O4/c1-9(2)17(6-3-7-18)14(21)16-12-5-4-10(13(19)20)8-11(12)15/h4-5,8-9,18H,3,6-7H2,1-2H3,(H,16,21)(H,19,20). The van der Waals surface area contributed by atoms with Crippen LogP contribution in [0.15, 0.2) is 18.2 Å². The number of aliphatic hydroxyl groups is 1. The van der Waals surface area contributed by atoms with Crippen LogP contribution < -0.4 is 5.32 Å². The first-order valence-electron chi connectivity index (χ1n) is 6.58. The lowest BCUT2D eigenvalue weighted by atomic mass is 10.2. The van der Waals surface area contributed by atoms with Gasteiger partial charge >= 0.3 is 12.0 Å². The number of amides is 2. The molecule has 7 heteroatoms. The molecule has 0 saturated carbocycles. The van der Waals surface area contributed by atoms with Crippen molar-refractivity contribution in [2.45, 2.75) is 26.3 Å². The summed E-state index contributed by atoms with van der Waals surface area (Å²) in [6, 6.07) is 2.67. The van der Waals surface area contributed by atoms with Gasteiger partial charge in [-0.1, -0.05) is 0 Å². The van der Waals surface area contributed by atoms with Crippen molar-refractivity contribution < 1.29 is 24.2 Å². The molecule has 0 spiro atoms. The van der Waals surface area contributed by atoms with E-state index in [1.54, 1.807) is 13.8 Å². The van der Waals surface area contributed by atoms with Crippen LogP contribution >= 0.6 is 0 Å². The van der Waals surface area contributed by atoms with Crippen LogP contribution in [0.4, 0.5) is 14.9 Å². The molecule has 0 unspecified atom stereocenters. The van der Waals surface area contributed by atoms with Gasteiger partial charge < -0.3 is 20.4 Å². The van der Waals surface area contributed by atoms with Gasteiger partial charge in [-0.3, -0.25) is 0 Å². The van der Waals surface area contributed by atoms with E-state index in [9.17, 15) is 14.0 Å². The number of aliphatic hydroxyl groups excluding tert-OH is 1. The van der Waals surface area contributed by atoms with Crippen LogP contribution in [0.25, 0.3) is 0 Å². The lowest BCUT2D eigenvalue weighted by molar-refractivity contribution is 0.0696. The number of halogens is 1. The zero-order valence-corrected chi connectivity index (χ0v) is 12.0. The van der Waals surface area contributed by atoms with E-state index in [2.05, 4.69) is 5.32 Å². The average Bonchev–Trinajstić information content (AvgIpc) is 2.40. The molecule has 116 valence electrons. The molecule has 0 heterocycles. The van der Waals surface area contributed by atoms with E-state index in [1.807, 2.05) is 0 Å². The third-order valence-electron chi connectivity index (χ3n) is 2.90. The molecule has 1 rings (SSSR count). The maximum absolute atomic E-state index is 13.8. The molecular formula is C14H19FN2O4. The van der Waals surface area contributed by atoms with Crippen molar-refractivity contribution in [2.75, 3.05) is 18.5 Å². The molecule has 0 saturated heterocycles. The average molecular weight is 298 g/mol. The number of carboxylic acid groups (broad SMARTS) is 1. The monoisotopic (exact) mass is 298 g/mol. The third kappa shape index (κ3) is 4.71. The van der Waals surface area contributed by atoms with E-state index in [-0.39, 0.29) is 23.9 Å². The Morgan fingerprint density at radius 1 is 1.38 bits per heavy atom. The highest BCUT2D eigenvalue weighted by Gasteiger charge is 2.18. The van der Waals surface area contributed by atoms with E-state index in [4.69, 9.17) is 10.2 Å². The van der Waals surface area contributed by atoms with Crippen molar-refractivity contribution >= 4 is 17.7 Å². The van der Waals surface area contributed by atoms with Gasteiger partial charge in [-0.2, -0.15) is 0 Å². The summed E-state index contributed by atoms with van der Waals surface area (Å²) in [4.78, 5) is 24.3. The summed E-state index contributed by atoms with van der Waals surface area (Å²) in [5.74, 6) is -2.05. The van der Waals surface area contributed by atoms with Gasteiger partial charge in [-0.15, -0.1) is 0 Å². The van der Waals surface area contributed by atoms with Gasteiger partial charge in [0.25, 0.3) is 0 Å². The smallest absolute Gasteiger partial charge is 0.335 e. The lowest BCUT2D eigenvalue weighted by Gasteiger charge is -2.26. The minimum absolute atomic E-state index is 0.0435. The minimum atomic E-state index is -1.24. The second-order valence-electron chi connectivity index (χ2n) is 4.79. The topological polar surface area (TPSA) is 89.9 Å². The number of nitrogens with zero attached hydrogens (tertiary/aromatic N) is 1. The Morgan fingerprint density at radius 2 is 2.05 bits per heavy atom. The quantitative estimate of drug-likeness (QED) is 0.750. The Kier molecular flexibility index (Phi) is 6.10. The van der Waals surface area contributed by atoms with Crippen molar-refractivity contribution in [1.82, 2.24) is 4.90 Å². The number of carbonyl (C=O) groups excluding carboxylic acids is 1. The SMILES string of the molecule is CC(C)N(CCCO)C(=O)Nc1ccc(C(=O)O)cc1F. The Bertz CT molecular complexity index is 520. The normalized spacial score (nSPS) is 10.5. The van der Waals surface area contributed by atoms with Crippen LogP contribution in [0, 0.1) is 5.82 Å². The number of urea groups is 1. The Labute approximate surface area is 122 Å². The number of benzene rings is 1. The number of aromatic carboxylic acids is 1. The second-order valence-corrected chi connectivity index (χ2v) is 4.79. The Hall–Kier alpha value is -2.15. The Balaban J connectivity index is 2.83. The predicted molar refractivity (Wildman–Crippen MR) is 75.9 cm³/mol. The number of nitrogens with one attached hydrogen (secondary N) is 1. The summed E-state index contributed by atoms with van der Waals surface area (Å²) >= 11 is 0. The molecule has 3 N–H and O–H groups in total. The number of hydrogen-bond acceptors (Lipinski definition) is 3. The van der Waals surface area contributed by atoms with E-state index in [1.165, 1.54) is 17.0 Å². The molecule has 2 amide bonds. The molecular weight excluding hydrogens is 279 g/mol. The summed E-state index contributed by atoms with van der Waals surface area (Å²) in [7, 11) is 0. The molecule has 0 atom stereocenters. The molecule has 1 aromatic carbocycles. The van der Waals surface area contributed by atoms with Crippen LogP contribution in [0.5, 0.6) is 0 Å².